The lowest BCUT2D eigenvalue weighted by Gasteiger charge is -2.16. The average molecular weight is 169 g/mol. The molecule has 0 aliphatic carbocycles. The van der Waals surface area contributed by atoms with Gasteiger partial charge in [-0.1, -0.05) is 6.07 Å². The van der Waals surface area contributed by atoms with Crippen LogP contribution >= 0.6 is 0 Å². The standard InChI is InChI=1S/C9H12FNO/c1-9(2,12)6-7-4-3-5-11-8(7)10/h3-5,12H,6H2,1-2H3. The van der Waals surface area contributed by atoms with Crippen molar-refractivity contribution in [2.75, 3.05) is 0 Å². The van der Waals surface area contributed by atoms with E-state index >= 15 is 0 Å². The van der Waals surface area contributed by atoms with Gasteiger partial charge in [0.2, 0.25) is 5.95 Å². The molecule has 0 amide bonds. The molecule has 0 spiro atoms. The van der Waals surface area contributed by atoms with Crippen LogP contribution in [0, 0.1) is 5.95 Å². The topological polar surface area (TPSA) is 33.1 Å². The molecule has 0 unspecified atom stereocenters. The first kappa shape index (κ1) is 9.13. The van der Waals surface area contributed by atoms with Crippen molar-refractivity contribution in [3.05, 3.63) is 29.8 Å². The van der Waals surface area contributed by atoms with E-state index in [4.69, 9.17) is 0 Å². The second-order valence-corrected chi connectivity index (χ2v) is 3.44. The zero-order valence-corrected chi connectivity index (χ0v) is 7.21. The van der Waals surface area contributed by atoms with Crippen LogP contribution < -0.4 is 0 Å². The lowest BCUT2D eigenvalue weighted by molar-refractivity contribution is 0.0798. The van der Waals surface area contributed by atoms with E-state index in [-0.39, 0.29) is 6.42 Å². The van der Waals surface area contributed by atoms with Crippen molar-refractivity contribution in [2.45, 2.75) is 25.9 Å². The Morgan fingerprint density at radius 2 is 2.25 bits per heavy atom. The minimum absolute atomic E-state index is 0.284. The zero-order valence-electron chi connectivity index (χ0n) is 7.21. The summed E-state index contributed by atoms with van der Waals surface area (Å²) in [6.45, 7) is 3.28. The van der Waals surface area contributed by atoms with E-state index in [2.05, 4.69) is 4.98 Å². The van der Waals surface area contributed by atoms with Gasteiger partial charge >= 0.3 is 0 Å². The molecule has 1 heterocycles. The Morgan fingerprint density at radius 3 is 2.75 bits per heavy atom. The Bertz CT molecular complexity index is 267. The number of rotatable bonds is 2. The molecule has 1 N–H and O–H groups in total. The zero-order chi connectivity index (χ0) is 9.19. The van der Waals surface area contributed by atoms with E-state index in [0.717, 1.165) is 0 Å². The van der Waals surface area contributed by atoms with Gasteiger partial charge in [-0.25, -0.2) is 4.98 Å². The van der Waals surface area contributed by atoms with Gasteiger partial charge in [-0.15, -0.1) is 0 Å². The summed E-state index contributed by atoms with van der Waals surface area (Å²) in [4.78, 5) is 3.49. The molecule has 0 aliphatic heterocycles. The van der Waals surface area contributed by atoms with Crippen molar-refractivity contribution in [1.29, 1.82) is 0 Å². The SMILES string of the molecule is CC(C)(O)Cc1cccnc1F. The molecule has 12 heavy (non-hydrogen) atoms. The highest BCUT2D eigenvalue weighted by molar-refractivity contribution is 5.12. The molecular weight excluding hydrogens is 157 g/mol. The number of nitrogens with zero attached hydrogens (tertiary/aromatic N) is 1. The summed E-state index contributed by atoms with van der Waals surface area (Å²) in [6.07, 6.45) is 1.68. The molecule has 66 valence electrons. The highest BCUT2D eigenvalue weighted by Gasteiger charge is 2.15. The number of hydrogen-bond acceptors (Lipinski definition) is 2. The van der Waals surface area contributed by atoms with E-state index in [1.807, 2.05) is 0 Å². The predicted molar refractivity (Wildman–Crippen MR) is 44.2 cm³/mol. The lowest BCUT2D eigenvalue weighted by atomic mass is 10.00. The smallest absolute Gasteiger partial charge is 0.216 e. The molecule has 1 rings (SSSR count). The molecule has 0 radical (unpaired) electrons. The molecule has 1 aromatic heterocycles. The summed E-state index contributed by atoms with van der Waals surface area (Å²) in [6, 6.07) is 3.28. The molecule has 0 aromatic carbocycles. The summed E-state index contributed by atoms with van der Waals surface area (Å²) >= 11 is 0. The van der Waals surface area contributed by atoms with Crippen molar-refractivity contribution >= 4 is 0 Å². The summed E-state index contributed by atoms with van der Waals surface area (Å²) in [5.41, 5.74) is -0.436. The molecule has 0 aliphatic rings. The van der Waals surface area contributed by atoms with Gasteiger partial charge in [0.15, 0.2) is 0 Å². The Kier molecular flexibility index (Phi) is 2.43. The van der Waals surface area contributed by atoms with E-state index in [1.54, 1.807) is 26.0 Å². The maximum Gasteiger partial charge on any atom is 0.216 e. The van der Waals surface area contributed by atoms with Crippen LogP contribution in [-0.4, -0.2) is 15.7 Å². The summed E-state index contributed by atoms with van der Waals surface area (Å²) in [5, 5.41) is 9.40. The van der Waals surface area contributed by atoms with Gasteiger partial charge in [-0.05, 0) is 19.9 Å². The molecule has 3 heteroatoms. The average Bonchev–Trinajstić information content (AvgIpc) is 1.91. The molecular formula is C9H12FNO. The number of aliphatic hydroxyl groups is 1. The lowest BCUT2D eigenvalue weighted by Crippen LogP contribution is -2.22. The minimum Gasteiger partial charge on any atom is -0.390 e. The summed E-state index contributed by atoms with van der Waals surface area (Å²) < 4.78 is 12.9. The summed E-state index contributed by atoms with van der Waals surface area (Å²) in [7, 11) is 0. The fourth-order valence-corrected chi connectivity index (χ4v) is 1.02. The van der Waals surface area contributed by atoms with Crippen molar-refractivity contribution in [2.24, 2.45) is 0 Å². The van der Waals surface area contributed by atoms with Gasteiger partial charge in [0, 0.05) is 18.2 Å². The Labute approximate surface area is 71.1 Å². The second-order valence-electron chi connectivity index (χ2n) is 3.44. The maximum atomic E-state index is 12.9. The van der Waals surface area contributed by atoms with Crippen LogP contribution in [0.15, 0.2) is 18.3 Å². The van der Waals surface area contributed by atoms with Gasteiger partial charge in [-0.2, -0.15) is 4.39 Å². The predicted octanol–water partition coefficient (Wildman–Crippen LogP) is 1.53. The Hall–Kier alpha value is -0.960. The van der Waals surface area contributed by atoms with Crippen LogP contribution in [0.3, 0.4) is 0 Å². The molecule has 0 saturated carbocycles. The number of pyridine rings is 1. The number of aromatic nitrogens is 1. The normalized spacial score (nSPS) is 11.7. The molecule has 0 fully saturated rings. The van der Waals surface area contributed by atoms with Crippen molar-refractivity contribution in [1.82, 2.24) is 4.98 Å². The fraction of sp³-hybridized carbons (Fsp3) is 0.444. The van der Waals surface area contributed by atoms with Gasteiger partial charge in [0.05, 0.1) is 5.60 Å². The van der Waals surface area contributed by atoms with E-state index < -0.39 is 11.5 Å². The van der Waals surface area contributed by atoms with Crippen LogP contribution in [0.4, 0.5) is 4.39 Å². The van der Waals surface area contributed by atoms with Gasteiger partial charge in [0.25, 0.3) is 0 Å². The Balaban J connectivity index is 2.83. The second kappa shape index (κ2) is 3.19. The van der Waals surface area contributed by atoms with Crippen LogP contribution in [0.1, 0.15) is 19.4 Å². The highest BCUT2D eigenvalue weighted by Crippen LogP contribution is 2.13. The van der Waals surface area contributed by atoms with Crippen molar-refractivity contribution < 1.29 is 9.50 Å². The van der Waals surface area contributed by atoms with Crippen LogP contribution in [0.5, 0.6) is 0 Å². The first-order chi connectivity index (χ1) is 5.49. The third-order valence-corrected chi connectivity index (χ3v) is 1.46. The number of hydrogen-bond donors (Lipinski definition) is 1. The Morgan fingerprint density at radius 1 is 1.58 bits per heavy atom. The molecule has 1 aromatic rings. The van der Waals surface area contributed by atoms with Crippen LogP contribution in [-0.2, 0) is 6.42 Å². The molecule has 0 saturated heterocycles. The van der Waals surface area contributed by atoms with Gasteiger partial charge < -0.3 is 5.11 Å². The van der Waals surface area contributed by atoms with E-state index in [9.17, 15) is 9.50 Å². The molecule has 0 atom stereocenters. The molecule has 0 bridgehead atoms. The third kappa shape index (κ3) is 2.58. The van der Waals surface area contributed by atoms with Crippen molar-refractivity contribution in [3.8, 4) is 0 Å². The van der Waals surface area contributed by atoms with Gasteiger partial charge in [0.1, 0.15) is 0 Å². The fourth-order valence-electron chi connectivity index (χ4n) is 1.02. The first-order valence-corrected chi connectivity index (χ1v) is 3.81. The highest BCUT2D eigenvalue weighted by atomic mass is 19.1. The van der Waals surface area contributed by atoms with Crippen molar-refractivity contribution in [3.63, 3.8) is 0 Å². The largest absolute Gasteiger partial charge is 0.390 e. The van der Waals surface area contributed by atoms with Crippen LogP contribution in [0.25, 0.3) is 0 Å². The summed E-state index contributed by atoms with van der Waals surface area (Å²) in [5.74, 6) is -0.500. The van der Waals surface area contributed by atoms with E-state index in [1.165, 1.54) is 6.20 Å². The monoisotopic (exact) mass is 169 g/mol. The number of halogens is 1. The first-order valence-electron chi connectivity index (χ1n) is 3.81. The van der Waals surface area contributed by atoms with Crippen LogP contribution in [0.2, 0.25) is 0 Å². The van der Waals surface area contributed by atoms with Gasteiger partial charge in [-0.3, -0.25) is 0 Å². The molecule has 2 nitrogen and oxygen atoms in total. The quantitative estimate of drug-likeness (QED) is 0.681. The third-order valence-electron chi connectivity index (χ3n) is 1.46. The maximum absolute atomic E-state index is 12.9. The minimum atomic E-state index is -0.885. The van der Waals surface area contributed by atoms with E-state index in [0.29, 0.717) is 5.56 Å².